The maximum atomic E-state index is 12.3. The van der Waals surface area contributed by atoms with E-state index in [1.807, 2.05) is 54.8 Å². The SMILES string of the molecule is Cc1cc(Cl)ccc1OCc1csc(C(=O)NCCc2ccccc2)c1. The van der Waals surface area contributed by atoms with Gasteiger partial charge in [-0.1, -0.05) is 41.9 Å². The molecule has 0 atom stereocenters. The van der Waals surface area contributed by atoms with E-state index < -0.39 is 0 Å². The van der Waals surface area contributed by atoms with E-state index in [0.717, 1.165) is 23.3 Å². The molecule has 0 aliphatic rings. The number of ether oxygens (including phenoxy) is 1. The van der Waals surface area contributed by atoms with Gasteiger partial charge in [0.15, 0.2) is 0 Å². The topological polar surface area (TPSA) is 38.3 Å². The molecule has 3 nitrogen and oxygen atoms in total. The number of amides is 1. The van der Waals surface area contributed by atoms with Crippen LogP contribution in [0.25, 0.3) is 0 Å². The summed E-state index contributed by atoms with van der Waals surface area (Å²) in [5.74, 6) is 0.759. The van der Waals surface area contributed by atoms with Gasteiger partial charge in [0, 0.05) is 17.1 Å². The van der Waals surface area contributed by atoms with E-state index in [9.17, 15) is 4.79 Å². The second-order valence-electron chi connectivity index (χ2n) is 6.01. The Balaban J connectivity index is 1.49. The average Bonchev–Trinajstić information content (AvgIpc) is 3.11. The minimum Gasteiger partial charge on any atom is -0.489 e. The lowest BCUT2D eigenvalue weighted by atomic mass is 10.1. The molecular formula is C21H20ClNO2S. The molecule has 3 aromatic rings. The van der Waals surface area contributed by atoms with E-state index in [-0.39, 0.29) is 5.91 Å². The van der Waals surface area contributed by atoms with Crippen LogP contribution >= 0.6 is 22.9 Å². The Labute approximate surface area is 162 Å². The Morgan fingerprint density at radius 3 is 2.69 bits per heavy atom. The molecule has 0 saturated heterocycles. The molecule has 26 heavy (non-hydrogen) atoms. The first kappa shape index (κ1) is 18.5. The molecule has 0 spiro atoms. The van der Waals surface area contributed by atoms with E-state index in [4.69, 9.17) is 16.3 Å². The van der Waals surface area contributed by atoms with Crippen molar-refractivity contribution >= 4 is 28.8 Å². The van der Waals surface area contributed by atoms with Gasteiger partial charge in [-0.3, -0.25) is 4.79 Å². The minimum atomic E-state index is -0.0418. The molecule has 2 aromatic carbocycles. The normalized spacial score (nSPS) is 10.5. The van der Waals surface area contributed by atoms with Crippen LogP contribution in [0, 0.1) is 6.92 Å². The first-order valence-corrected chi connectivity index (χ1v) is 9.66. The first-order chi connectivity index (χ1) is 12.6. The quantitative estimate of drug-likeness (QED) is 0.602. The zero-order chi connectivity index (χ0) is 18.4. The van der Waals surface area contributed by atoms with Crippen LogP contribution in [0.1, 0.15) is 26.4 Å². The lowest BCUT2D eigenvalue weighted by molar-refractivity contribution is 0.0958. The van der Waals surface area contributed by atoms with Crippen molar-refractivity contribution in [3.05, 3.63) is 86.6 Å². The predicted octanol–water partition coefficient (Wildman–Crippen LogP) is 5.26. The molecule has 5 heteroatoms. The molecule has 0 bridgehead atoms. The Morgan fingerprint density at radius 2 is 1.92 bits per heavy atom. The maximum Gasteiger partial charge on any atom is 0.261 e. The van der Waals surface area contributed by atoms with Gasteiger partial charge >= 0.3 is 0 Å². The molecule has 1 amide bonds. The Bertz CT molecular complexity index is 877. The maximum absolute atomic E-state index is 12.3. The highest BCUT2D eigenvalue weighted by molar-refractivity contribution is 7.12. The van der Waals surface area contributed by atoms with Gasteiger partial charge in [-0.25, -0.2) is 0 Å². The zero-order valence-electron chi connectivity index (χ0n) is 14.5. The third-order valence-corrected chi connectivity index (χ3v) is 5.16. The van der Waals surface area contributed by atoms with Crippen molar-refractivity contribution in [1.29, 1.82) is 0 Å². The van der Waals surface area contributed by atoms with Gasteiger partial charge in [0.1, 0.15) is 12.4 Å². The number of hydrogen-bond acceptors (Lipinski definition) is 3. The fourth-order valence-electron chi connectivity index (χ4n) is 2.56. The van der Waals surface area contributed by atoms with Crippen LogP contribution in [0.3, 0.4) is 0 Å². The van der Waals surface area contributed by atoms with Crippen molar-refractivity contribution in [1.82, 2.24) is 5.32 Å². The van der Waals surface area contributed by atoms with Crippen LogP contribution in [-0.2, 0) is 13.0 Å². The van der Waals surface area contributed by atoms with Gasteiger partial charge in [-0.15, -0.1) is 11.3 Å². The molecule has 1 N–H and O–H groups in total. The monoisotopic (exact) mass is 385 g/mol. The molecule has 1 aromatic heterocycles. The lowest BCUT2D eigenvalue weighted by Crippen LogP contribution is -2.24. The summed E-state index contributed by atoms with van der Waals surface area (Å²) in [5, 5.41) is 5.62. The van der Waals surface area contributed by atoms with Crippen LogP contribution in [0.15, 0.2) is 60.0 Å². The molecule has 0 aliphatic heterocycles. The Morgan fingerprint density at radius 1 is 1.12 bits per heavy atom. The molecule has 0 radical (unpaired) electrons. The van der Waals surface area contributed by atoms with Crippen molar-refractivity contribution in [2.24, 2.45) is 0 Å². The number of carbonyl (C=O) groups excluding carboxylic acids is 1. The predicted molar refractivity (Wildman–Crippen MR) is 107 cm³/mol. The standard InChI is InChI=1S/C21H20ClNO2S/c1-15-11-18(22)7-8-19(15)25-13-17-12-20(26-14-17)21(24)23-10-9-16-5-3-2-4-6-16/h2-8,11-12,14H,9-10,13H2,1H3,(H,23,24). The van der Waals surface area contributed by atoms with E-state index in [2.05, 4.69) is 17.4 Å². The van der Waals surface area contributed by atoms with Gasteiger partial charge in [-0.05, 0) is 54.1 Å². The summed E-state index contributed by atoms with van der Waals surface area (Å²) in [6, 6.07) is 17.5. The molecule has 0 fully saturated rings. The fourth-order valence-corrected chi connectivity index (χ4v) is 3.60. The third kappa shape index (κ3) is 5.10. The van der Waals surface area contributed by atoms with Crippen molar-refractivity contribution < 1.29 is 9.53 Å². The van der Waals surface area contributed by atoms with E-state index in [1.54, 1.807) is 0 Å². The highest BCUT2D eigenvalue weighted by atomic mass is 35.5. The van der Waals surface area contributed by atoms with Crippen molar-refractivity contribution in [2.45, 2.75) is 20.0 Å². The summed E-state index contributed by atoms with van der Waals surface area (Å²) in [4.78, 5) is 13.0. The highest BCUT2D eigenvalue weighted by Gasteiger charge is 2.09. The molecule has 134 valence electrons. The second-order valence-corrected chi connectivity index (χ2v) is 7.36. The number of halogens is 1. The second kappa shape index (κ2) is 8.88. The number of hydrogen-bond donors (Lipinski definition) is 1. The van der Waals surface area contributed by atoms with Gasteiger partial charge in [-0.2, -0.15) is 0 Å². The van der Waals surface area contributed by atoms with Crippen LogP contribution in [-0.4, -0.2) is 12.5 Å². The summed E-state index contributed by atoms with van der Waals surface area (Å²) in [7, 11) is 0. The number of nitrogens with one attached hydrogen (secondary N) is 1. The van der Waals surface area contributed by atoms with E-state index in [1.165, 1.54) is 16.9 Å². The summed E-state index contributed by atoms with van der Waals surface area (Å²) in [5.41, 5.74) is 3.19. The van der Waals surface area contributed by atoms with Crippen LogP contribution in [0.4, 0.5) is 0 Å². The minimum absolute atomic E-state index is 0.0418. The molecule has 3 rings (SSSR count). The number of carbonyl (C=O) groups is 1. The van der Waals surface area contributed by atoms with Crippen LogP contribution in [0.5, 0.6) is 5.75 Å². The van der Waals surface area contributed by atoms with Crippen molar-refractivity contribution in [2.75, 3.05) is 6.54 Å². The van der Waals surface area contributed by atoms with E-state index >= 15 is 0 Å². The van der Waals surface area contributed by atoms with Gasteiger partial charge in [0.2, 0.25) is 0 Å². The number of benzene rings is 2. The fraction of sp³-hybridized carbons (Fsp3) is 0.190. The molecule has 0 saturated carbocycles. The number of thiophene rings is 1. The summed E-state index contributed by atoms with van der Waals surface area (Å²) >= 11 is 7.39. The van der Waals surface area contributed by atoms with Crippen molar-refractivity contribution in [3.8, 4) is 5.75 Å². The largest absolute Gasteiger partial charge is 0.489 e. The van der Waals surface area contributed by atoms with Gasteiger partial charge in [0.05, 0.1) is 4.88 Å². The molecule has 1 heterocycles. The third-order valence-electron chi connectivity index (χ3n) is 3.95. The van der Waals surface area contributed by atoms with Crippen LogP contribution < -0.4 is 10.1 Å². The summed E-state index contributed by atoms with van der Waals surface area (Å²) in [6.07, 6.45) is 0.823. The molecule has 0 unspecified atom stereocenters. The molecular weight excluding hydrogens is 366 g/mol. The van der Waals surface area contributed by atoms with Crippen LogP contribution in [0.2, 0.25) is 5.02 Å². The smallest absolute Gasteiger partial charge is 0.261 e. The Hall–Kier alpha value is -2.30. The van der Waals surface area contributed by atoms with Gasteiger partial charge in [0.25, 0.3) is 5.91 Å². The number of rotatable bonds is 7. The lowest BCUT2D eigenvalue weighted by Gasteiger charge is -2.08. The molecule has 0 aliphatic carbocycles. The highest BCUT2D eigenvalue weighted by Crippen LogP contribution is 2.23. The van der Waals surface area contributed by atoms with Crippen molar-refractivity contribution in [3.63, 3.8) is 0 Å². The Kier molecular flexibility index (Phi) is 6.31. The summed E-state index contributed by atoms with van der Waals surface area (Å²) in [6.45, 7) is 3.01. The summed E-state index contributed by atoms with van der Waals surface area (Å²) < 4.78 is 5.83. The average molecular weight is 386 g/mol. The zero-order valence-corrected chi connectivity index (χ0v) is 16.1. The first-order valence-electron chi connectivity index (χ1n) is 8.40. The van der Waals surface area contributed by atoms with E-state index in [0.29, 0.717) is 23.1 Å². The van der Waals surface area contributed by atoms with Gasteiger partial charge < -0.3 is 10.1 Å². The number of aryl methyl sites for hydroxylation is 1.